The molecule has 2 bridgehead atoms. The minimum atomic E-state index is -2.60. The van der Waals surface area contributed by atoms with Crippen molar-refractivity contribution in [2.45, 2.75) is 166 Å². The topological polar surface area (TPSA) is 167 Å². The number of carbonyl (C=O) groups excluding carboxylic acids is 4. The van der Waals surface area contributed by atoms with Gasteiger partial charge < -0.3 is 43.5 Å². The summed E-state index contributed by atoms with van der Waals surface area (Å²) in [6.45, 7) is 14.5. The molecule has 340 valence electrons. The Morgan fingerprint density at radius 1 is 0.983 bits per heavy atom. The Kier molecular flexibility index (Phi) is 18.7. The summed E-state index contributed by atoms with van der Waals surface area (Å²) in [4.78, 5) is 57.9. The molecule has 15 atom stereocenters. The lowest BCUT2D eigenvalue weighted by Gasteiger charge is -2.47. The van der Waals surface area contributed by atoms with E-state index in [1.54, 1.807) is 47.0 Å². The highest BCUT2D eigenvalue weighted by atomic mass is 19.1. The number of ether oxygens (including phenoxy) is 6. The van der Waals surface area contributed by atoms with Crippen molar-refractivity contribution in [3.63, 3.8) is 0 Å². The van der Waals surface area contributed by atoms with E-state index in [0.29, 0.717) is 43.4 Å². The van der Waals surface area contributed by atoms with E-state index in [9.17, 15) is 29.4 Å². The maximum absolute atomic E-state index is 16.3. The number of aliphatic hydroxyl groups excluding tert-OH is 1. The van der Waals surface area contributed by atoms with Gasteiger partial charge in [-0.15, -0.1) is 6.58 Å². The van der Waals surface area contributed by atoms with E-state index in [1.807, 2.05) is 19.9 Å². The molecule has 0 spiro atoms. The third kappa shape index (κ3) is 11.6. The Morgan fingerprint density at radius 3 is 2.28 bits per heavy atom. The number of nitrogens with zero attached hydrogens (tertiary/aromatic N) is 1. The molecule has 15 unspecified atom stereocenters. The van der Waals surface area contributed by atoms with Gasteiger partial charge in [0.2, 0.25) is 5.79 Å². The average Bonchev–Trinajstić information content (AvgIpc) is 3.24. The van der Waals surface area contributed by atoms with E-state index in [4.69, 9.17) is 28.4 Å². The van der Waals surface area contributed by atoms with Crippen LogP contribution in [0.15, 0.2) is 36.0 Å². The molecule has 0 aromatic carbocycles. The van der Waals surface area contributed by atoms with Crippen molar-refractivity contribution < 1.29 is 62.2 Å². The lowest BCUT2D eigenvalue weighted by Crippen LogP contribution is -2.64. The van der Waals surface area contributed by atoms with Crippen LogP contribution in [0.4, 0.5) is 4.39 Å². The maximum Gasteiger partial charge on any atom is 0.329 e. The van der Waals surface area contributed by atoms with Crippen LogP contribution >= 0.6 is 0 Å². The number of methoxy groups -OCH3 is 3. The van der Waals surface area contributed by atoms with Gasteiger partial charge in [-0.1, -0.05) is 45.9 Å². The second kappa shape index (κ2) is 22.5. The molecule has 14 heteroatoms. The van der Waals surface area contributed by atoms with Crippen molar-refractivity contribution in [3.8, 4) is 0 Å². The highest BCUT2D eigenvalue weighted by Gasteiger charge is 2.57. The van der Waals surface area contributed by atoms with Gasteiger partial charge in [-0.05, 0) is 94.6 Å². The van der Waals surface area contributed by atoms with Crippen molar-refractivity contribution in [2.75, 3.05) is 34.5 Å². The molecule has 4 rings (SSSR count). The number of hydrogen-bond acceptors (Lipinski definition) is 12. The predicted molar refractivity (Wildman–Crippen MR) is 222 cm³/mol. The third-order valence-electron chi connectivity index (χ3n) is 13.5. The number of aliphatic hydroxyl groups is 2. The number of piperidine rings is 1. The number of fused-ring (bicyclic) bond motifs is 3. The van der Waals surface area contributed by atoms with E-state index in [1.165, 1.54) is 14.2 Å². The first-order valence-electron chi connectivity index (χ1n) is 21.9. The van der Waals surface area contributed by atoms with Gasteiger partial charge in [-0.3, -0.25) is 14.4 Å². The van der Waals surface area contributed by atoms with Gasteiger partial charge in [0.25, 0.3) is 11.7 Å². The Balaban J connectivity index is 1.77. The summed E-state index contributed by atoms with van der Waals surface area (Å²) in [6, 6.07) is -1.17. The van der Waals surface area contributed by atoms with Crippen LogP contribution in [0.5, 0.6) is 0 Å². The lowest BCUT2D eigenvalue weighted by atomic mass is 9.81. The Morgan fingerprint density at radius 2 is 1.65 bits per heavy atom. The van der Waals surface area contributed by atoms with E-state index in [2.05, 4.69) is 6.58 Å². The molecule has 3 heterocycles. The average molecular weight is 850 g/mol. The first-order chi connectivity index (χ1) is 28.4. The fourth-order valence-electron chi connectivity index (χ4n) is 9.66. The fraction of sp³-hybridized carbons (Fsp3) is 0.783. The molecule has 0 radical (unpaired) electrons. The molecular weight excluding hydrogens is 777 g/mol. The second-order valence-corrected chi connectivity index (χ2v) is 17.7. The number of allylic oxidation sites excluding steroid dienone is 3. The Hall–Kier alpha value is -2.85. The number of rotatable bonds is 9. The van der Waals surface area contributed by atoms with E-state index >= 15 is 4.39 Å². The van der Waals surface area contributed by atoms with Crippen molar-refractivity contribution in [3.05, 3.63) is 36.0 Å². The molecule has 0 aromatic rings. The van der Waals surface area contributed by atoms with Crippen molar-refractivity contribution in [2.24, 2.45) is 29.6 Å². The third-order valence-corrected chi connectivity index (χ3v) is 13.5. The summed E-state index contributed by atoms with van der Waals surface area (Å²) in [6.07, 6.45) is 2.40. The van der Waals surface area contributed by atoms with Crippen LogP contribution in [-0.4, -0.2) is 134 Å². The largest absolute Gasteiger partial charge is 0.456 e. The zero-order chi connectivity index (χ0) is 44.5. The van der Waals surface area contributed by atoms with Gasteiger partial charge in [-0.2, -0.15) is 0 Å². The quantitative estimate of drug-likeness (QED) is 0.167. The number of halogens is 1. The normalized spacial score (nSPS) is 40.8. The summed E-state index contributed by atoms with van der Waals surface area (Å²) < 4.78 is 52.0. The van der Waals surface area contributed by atoms with Crippen molar-refractivity contribution in [1.29, 1.82) is 0 Å². The molecule has 3 fully saturated rings. The molecule has 2 N–H and O–H groups in total. The van der Waals surface area contributed by atoms with E-state index < -0.39 is 89.9 Å². The minimum Gasteiger partial charge on any atom is -0.456 e. The molecule has 0 aromatic heterocycles. The van der Waals surface area contributed by atoms with Crippen LogP contribution in [0.2, 0.25) is 0 Å². The first-order valence-corrected chi connectivity index (χ1v) is 21.9. The number of alkyl halides is 1. The minimum absolute atomic E-state index is 0.0183. The number of Topliss-reactive ketones (excluding diaryl/α,β-unsaturated/α-hetero) is 2. The number of cyclic esters (lactones) is 1. The number of ketones is 2. The summed E-state index contributed by atoms with van der Waals surface area (Å²) in [5, 5.41) is 23.8. The molecule has 1 saturated carbocycles. The lowest BCUT2D eigenvalue weighted by molar-refractivity contribution is -0.302. The maximum atomic E-state index is 16.3. The van der Waals surface area contributed by atoms with Crippen molar-refractivity contribution >= 4 is 23.4 Å². The van der Waals surface area contributed by atoms with Crippen LogP contribution in [0.3, 0.4) is 0 Å². The smallest absolute Gasteiger partial charge is 0.329 e. The molecule has 1 aliphatic carbocycles. The first kappa shape index (κ1) is 49.8. The van der Waals surface area contributed by atoms with Crippen LogP contribution < -0.4 is 0 Å². The van der Waals surface area contributed by atoms with Crippen LogP contribution in [-0.2, 0) is 47.6 Å². The summed E-state index contributed by atoms with van der Waals surface area (Å²) in [5.41, 5.74) is 0.990. The monoisotopic (exact) mass is 850 g/mol. The zero-order valence-corrected chi connectivity index (χ0v) is 37.3. The molecule has 1 amide bonds. The van der Waals surface area contributed by atoms with Gasteiger partial charge in [0, 0.05) is 52.0 Å². The molecular formula is C46H72FNO12. The molecule has 3 aliphatic heterocycles. The van der Waals surface area contributed by atoms with Crippen LogP contribution in [0.1, 0.15) is 106 Å². The Bertz CT molecular complexity index is 1550. The van der Waals surface area contributed by atoms with E-state index in [-0.39, 0.29) is 56.1 Å². The fourth-order valence-corrected chi connectivity index (χ4v) is 9.66. The van der Waals surface area contributed by atoms with Crippen molar-refractivity contribution in [1.82, 2.24) is 4.90 Å². The van der Waals surface area contributed by atoms with Gasteiger partial charge in [0.1, 0.15) is 30.2 Å². The van der Waals surface area contributed by atoms with Crippen LogP contribution in [0, 0.1) is 29.6 Å². The summed E-state index contributed by atoms with van der Waals surface area (Å²) in [5.74, 6) is -8.98. The number of carbonyl (C=O) groups is 4. The highest BCUT2D eigenvalue weighted by Crippen LogP contribution is 2.40. The summed E-state index contributed by atoms with van der Waals surface area (Å²) >= 11 is 0. The van der Waals surface area contributed by atoms with Gasteiger partial charge in [-0.25, -0.2) is 9.18 Å². The molecule has 60 heavy (non-hydrogen) atoms. The zero-order valence-electron chi connectivity index (χ0n) is 37.3. The molecule has 2 saturated heterocycles. The number of amides is 1. The van der Waals surface area contributed by atoms with Gasteiger partial charge >= 0.3 is 5.97 Å². The number of hydrogen-bond donors (Lipinski definition) is 2. The molecule has 4 aliphatic rings. The number of esters is 1. The summed E-state index contributed by atoms with van der Waals surface area (Å²) in [7, 11) is 4.53. The van der Waals surface area contributed by atoms with Crippen LogP contribution in [0.25, 0.3) is 0 Å². The van der Waals surface area contributed by atoms with E-state index in [0.717, 1.165) is 17.7 Å². The second-order valence-electron chi connectivity index (χ2n) is 17.7. The standard InChI is InChI=1S/C46H72FNO12/c1-11-19-58-36-17-16-31(24-37(36)55-8)20-28(5)41-30(7)34(49)25-35(50)32(12-2)21-26(3)40(47)27(4)22-38(56-9)42-39(57-10)23-29(6)46(54,60-42)43(51)44(52)48-18-14-13-15-33(48)45(53)59-41/h11,20-21,27,29-34,36-42,49,54H,1,12-19,22-25H2,2-10H3/b26-21+,28-20?. The Labute approximate surface area is 356 Å². The van der Waals surface area contributed by atoms with Gasteiger partial charge in [0.15, 0.2) is 0 Å². The molecule has 13 nitrogen and oxygen atoms in total. The highest BCUT2D eigenvalue weighted by molar-refractivity contribution is 6.39. The predicted octanol–water partition coefficient (Wildman–Crippen LogP) is 5.63. The SMILES string of the molecule is C=CCOC1CCC(C=C(C)C2OC(=O)C3CCCCN3C(=O)C(=O)C3(O)OC(C(OC)CC(C)C(F)/C(C)=C/C(CC)C(=O)CC(O)C2C)C(OC)CC3C)CC1OC. The van der Waals surface area contributed by atoms with Gasteiger partial charge in [0.05, 0.1) is 37.1 Å².